The number of piperidine rings is 1. The second-order valence-electron chi connectivity index (χ2n) is 4.62. The molecule has 0 N–H and O–H groups in total. The first-order valence-electron chi connectivity index (χ1n) is 6.35. The van der Waals surface area contributed by atoms with Crippen molar-refractivity contribution in [1.29, 1.82) is 0 Å². The molecule has 96 valence electrons. The van der Waals surface area contributed by atoms with Crippen LogP contribution in [0.15, 0.2) is 0 Å². The van der Waals surface area contributed by atoms with E-state index in [9.17, 15) is 0 Å². The minimum absolute atomic E-state index is 0.327. The Morgan fingerprint density at radius 3 is 2.56 bits per heavy atom. The van der Waals surface area contributed by atoms with Crippen LogP contribution in [-0.4, -0.2) is 60.3 Å². The summed E-state index contributed by atoms with van der Waals surface area (Å²) in [6.45, 7) is 8.95. The minimum Gasteiger partial charge on any atom is -0.367 e. The lowest BCUT2D eigenvalue weighted by molar-refractivity contribution is 0.105. The third-order valence-corrected chi connectivity index (χ3v) is 3.43. The normalized spacial score (nSPS) is 20.2. The Bertz CT molecular complexity index is 172. The summed E-state index contributed by atoms with van der Waals surface area (Å²) < 4.78 is 5.86. The lowest BCUT2D eigenvalue weighted by Crippen LogP contribution is -2.37. The highest BCUT2D eigenvalue weighted by molar-refractivity contribution is 14.1. The Kier molecular flexibility index (Phi) is 7.94. The van der Waals surface area contributed by atoms with Gasteiger partial charge in [-0.1, -0.05) is 29.0 Å². The Morgan fingerprint density at radius 1 is 1.25 bits per heavy atom. The van der Waals surface area contributed by atoms with E-state index >= 15 is 0 Å². The molecule has 0 radical (unpaired) electrons. The van der Waals surface area contributed by atoms with Crippen molar-refractivity contribution in [3.05, 3.63) is 0 Å². The van der Waals surface area contributed by atoms with E-state index in [1.54, 1.807) is 0 Å². The zero-order chi connectivity index (χ0) is 11.8. The van der Waals surface area contributed by atoms with Crippen LogP contribution in [0.25, 0.3) is 0 Å². The Labute approximate surface area is 114 Å². The number of hydrogen-bond donors (Lipinski definition) is 0. The van der Waals surface area contributed by atoms with Crippen molar-refractivity contribution in [2.24, 2.45) is 0 Å². The number of rotatable bonds is 7. The van der Waals surface area contributed by atoms with Gasteiger partial charge in [0.15, 0.2) is 0 Å². The highest BCUT2D eigenvalue weighted by Gasteiger charge is 2.10. The molecule has 0 amide bonds. The summed E-state index contributed by atoms with van der Waals surface area (Å²) >= 11 is 2.30. The van der Waals surface area contributed by atoms with Crippen LogP contribution in [0.5, 0.6) is 0 Å². The minimum atomic E-state index is 0.327. The number of halogens is 1. The van der Waals surface area contributed by atoms with Crippen LogP contribution in [0.2, 0.25) is 0 Å². The molecule has 0 aromatic rings. The quantitative estimate of drug-likeness (QED) is 0.522. The summed E-state index contributed by atoms with van der Waals surface area (Å²) in [7, 11) is 2.19. The molecule has 1 atom stereocenters. The smallest absolute Gasteiger partial charge is 0.106 e. The average molecular weight is 340 g/mol. The first kappa shape index (κ1) is 14.7. The maximum Gasteiger partial charge on any atom is 0.106 e. The predicted octanol–water partition coefficient (Wildman–Crippen LogP) is 2.20. The summed E-state index contributed by atoms with van der Waals surface area (Å²) in [6.07, 6.45) is 4.20. The fourth-order valence-corrected chi connectivity index (χ4v) is 2.23. The number of alkyl halides is 1. The Morgan fingerprint density at radius 2 is 1.94 bits per heavy atom. The predicted molar refractivity (Wildman–Crippen MR) is 77.2 cm³/mol. The summed E-state index contributed by atoms with van der Waals surface area (Å²) in [4.78, 5) is 4.95. The molecule has 16 heavy (non-hydrogen) atoms. The number of likely N-dealkylation sites (tertiary alicyclic amines) is 1. The van der Waals surface area contributed by atoms with Crippen LogP contribution in [0, 0.1) is 0 Å². The molecule has 1 unspecified atom stereocenters. The van der Waals surface area contributed by atoms with Crippen LogP contribution >= 0.6 is 22.6 Å². The van der Waals surface area contributed by atoms with Crippen molar-refractivity contribution in [3.8, 4) is 0 Å². The topological polar surface area (TPSA) is 15.7 Å². The number of hydrogen-bond acceptors (Lipinski definition) is 3. The maximum atomic E-state index is 5.54. The highest BCUT2D eigenvalue weighted by atomic mass is 127. The summed E-state index contributed by atoms with van der Waals surface area (Å²) in [6, 6.07) is 0. The molecule has 1 saturated heterocycles. The van der Waals surface area contributed by atoms with Crippen LogP contribution in [0.3, 0.4) is 0 Å². The SMILES string of the molecule is CC(I)OCCN(C)CCN1CCCCC1. The van der Waals surface area contributed by atoms with E-state index in [0.29, 0.717) is 4.11 Å². The molecular weight excluding hydrogens is 315 g/mol. The molecule has 4 heteroatoms. The molecule has 3 nitrogen and oxygen atoms in total. The average Bonchev–Trinajstić information content (AvgIpc) is 2.27. The van der Waals surface area contributed by atoms with E-state index in [4.69, 9.17) is 4.74 Å². The summed E-state index contributed by atoms with van der Waals surface area (Å²) in [5, 5.41) is 0. The van der Waals surface area contributed by atoms with Gasteiger partial charge in [0.05, 0.1) is 6.61 Å². The van der Waals surface area contributed by atoms with Crippen molar-refractivity contribution < 1.29 is 4.74 Å². The number of likely N-dealkylation sites (N-methyl/N-ethyl adjacent to an activating group) is 1. The second-order valence-corrected chi connectivity index (χ2v) is 6.37. The third kappa shape index (κ3) is 7.04. The van der Waals surface area contributed by atoms with E-state index in [1.807, 2.05) is 0 Å². The molecule has 1 fully saturated rings. The monoisotopic (exact) mass is 340 g/mol. The zero-order valence-corrected chi connectivity index (χ0v) is 12.8. The van der Waals surface area contributed by atoms with Crippen molar-refractivity contribution in [2.45, 2.75) is 30.3 Å². The molecule has 1 rings (SSSR count). The largest absolute Gasteiger partial charge is 0.367 e. The summed E-state index contributed by atoms with van der Waals surface area (Å²) in [5.74, 6) is 0. The molecule has 0 bridgehead atoms. The van der Waals surface area contributed by atoms with E-state index in [2.05, 4.69) is 46.4 Å². The van der Waals surface area contributed by atoms with Gasteiger partial charge in [0.1, 0.15) is 4.11 Å². The van der Waals surface area contributed by atoms with E-state index in [0.717, 1.165) is 13.2 Å². The maximum absolute atomic E-state index is 5.54. The van der Waals surface area contributed by atoms with Gasteiger partial charge in [0.2, 0.25) is 0 Å². The molecule has 0 aromatic carbocycles. The Hall–Kier alpha value is 0.610. The standard InChI is InChI=1S/C12H25IN2O/c1-12(13)16-11-10-14(2)8-9-15-6-4-3-5-7-15/h12H,3-11H2,1-2H3. The van der Waals surface area contributed by atoms with Gasteiger partial charge >= 0.3 is 0 Å². The van der Waals surface area contributed by atoms with E-state index in [-0.39, 0.29) is 0 Å². The van der Waals surface area contributed by atoms with Gasteiger partial charge in [-0.05, 0) is 39.9 Å². The van der Waals surface area contributed by atoms with Gasteiger partial charge in [-0.25, -0.2) is 0 Å². The molecular formula is C12H25IN2O. The molecule has 1 aliphatic rings. The van der Waals surface area contributed by atoms with Gasteiger partial charge in [0, 0.05) is 19.6 Å². The van der Waals surface area contributed by atoms with Gasteiger partial charge in [-0.2, -0.15) is 0 Å². The lowest BCUT2D eigenvalue weighted by Gasteiger charge is -2.28. The Balaban J connectivity index is 1.98. The zero-order valence-electron chi connectivity index (χ0n) is 10.6. The van der Waals surface area contributed by atoms with Crippen molar-refractivity contribution in [1.82, 2.24) is 9.80 Å². The van der Waals surface area contributed by atoms with Gasteiger partial charge in [0.25, 0.3) is 0 Å². The molecule has 1 heterocycles. The summed E-state index contributed by atoms with van der Waals surface area (Å²) in [5.41, 5.74) is 0. The lowest BCUT2D eigenvalue weighted by atomic mass is 10.1. The van der Waals surface area contributed by atoms with Crippen molar-refractivity contribution >= 4 is 22.6 Å². The second kappa shape index (κ2) is 8.66. The molecule has 0 spiro atoms. The van der Waals surface area contributed by atoms with Crippen LogP contribution < -0.4 is 0 Å². The molecule has 0 aliphatic carbocycles. The van der Waals surface area contributed by atoms with Crippen molar-refractivity contribution in [2.75, 3.05) is 46.4 Å². The van der Waals surface area contributed by atoms with Crippen LogP contribution in [0.1, 0.15) is 26.2 Å². The molecule has 1 aliphatic heterocycles. The van der Waals surface area contributed by atoms with Crippen LogP contribution in [-0.2, 0) is 4.74 Å². The number of ether oxygens (including phenoxy) is 1. The number of nitrogens with zero attached hydrogens (tertiary/aromatic N) is 2. The first-order valence-corrected chi connectivity index (χ1v) is 7.59. The van der Waals surface area contributed by atoms with Crippen LogP contribution in [0.4, 0.5) is 0 Å². The van der Waals surface area contributed by atoms with Gasteiger partial charge < -0.3 is 14.5 Å². The fraction of sp³-hybridized carbons (Fsp3) is 1.00. The van der Waals surface area contributed by atoms with Gasteiger partial charge in [-0.15, -0.1) is 0 Å². The van der Waals surface area contributed by atoms with E-state index in [1.165, 1.54) is 45.4 Å². The highest BCUT2D eigenvalue weighted by Crippen LogP contribution is 2.07. The van der Waals surface area contributed by atoms with E-state index < -0.39 is 0 Å². The van der Waals surface area contributed by atoms with Crippen molar-refractivity contribution in [3.63, 3.8) is 0 Å². The first-order chi connectivity index (χ1) is 7.68. The molecule has 0 aromatic heterocycles. The fourth-order valence-electron chi connectivity index (χ4n) is 1.98. The van der Waals surface area contributed by atoms with Gasteiger partial charge in [-0.3, -0.25) is 0 Å². The third-order valence-electron chi connectivity index (χ3n) is 3.07. The molecule has 0 saturated carbocycles.